The second-order valence-corrected chi connectivity index (χ2v) is 4.47. The average Bonchev–Trinajstić information content (AvgIpc) is 2.49. The summed E-state index contributed by atoms with van der Waals surface area (Å²) in [6, 6.07) is 9.80. The Morgan fingerprint density at radius 2 is 1.64 bits per heavy atom. The zero-order chi connectivity index (χ0) is 16.4. The zero-order valence-electron chi connectivity index (χ0n) is 13.2. The van der Waals surface area contributed by atoms with E-state index in [1.54, 1.807) is 25.9 Å². The van der Waals surface area contributed by atoms with Gasteiger partial charge >= 0.3 is 11.9 Å². The molecule has 0 fully saturated rings. The van der Waals surface area contributed by atoms with Crippen molar-refractivity contribution < 1.29 is 19.1 Å². The number of nitrogens with zero attached hydrogens (tertiary/aromatic N) is 1. The van der Waals surface area contributed by atoms with Gasteiger partial charge in [0.2, 0.25) is 0 Å². The van der Waals surface area contributed by atoms with Gasteiger partial charge in [0.25, 0.3) is 0 Å². The summed E-state index contributed by atoms with van der Waals surface area (Å²) in [5.41, 5.74) is 3.81. The lowest BCUT2D eigenvalue weighted by molar-refractivity contribution is -0.146. The molecule has 0 aromatic heterocycles. The van der Waals surface area contributed by atoms with E-state index in [9.17, 15) is 9.59 Å². The lowest BCUT2D eigenvalue weighted by Crippen LogP contribution is -2.31. The molecule has 0 heterocycles. The molecule has 1 aromatic rings. The summed E-state index contributed by atoms with van der Waals surface area (Å²) in [6.45, 7) is 4.34. The molecule has 6 nitrogen and oxygen atoms in total. The number of ether oxygens (including phenoxy) is 2. The third kappa shape index (κ3) is 5.97. The molecule has 1 rings (SSSR count). The van der Waals surface area contributed by atoms with Crippen LogP contribution in [-0.2, 0) is 25.6 Å². The highest BCUT2D eigenvalue weighted by Gasteiger charge is 2.21. The first-order valence-electron chi connectivity index (χ1n) is 7.14. The molecule has 0 aliphatic carbocycles. The van der Waals surface area contributed by atoms with Crippen molar-refractivity contribution in [3.8, 4) is 0 Å². The molecule has 0 bridgehead atoms. The molecule has 0 aliphatic heterocycles. The molecule has 0 radical (unpaired) electrons. The maximum absolute atomic E-state index is 11.8. The van der Waals surface area contributed by atoms with Gasteiger partial charge in [-0.1, -0.05) is 30.3 Å². The Bertz CT molecular complexity index is 494. The van der Waals surface area contributed by atoms with Crippen LogP contribution in [0.5, 0.6) is 0 Å². The third-order valence-electron chi connectivity index (χ3n) is 2.68. The molecule has 0 unspecified atom stereocenters. The van der Waals surface area contributed by atoms with E-state index >= 15 is 0 Å². The molecule has 1 aromatic carbocycles. The number of rotatable bonds is 8. The second kappa shape index (κ2) is 9.57. The van der Waals surface area contributed by atoms with Gasteiger partial charge in [-0.15, -0.1) is 0 Å². The topological polar surface area (TPSA) is 67.9 Å². The largest absolute Gasteiger partial charge is 0.462 e. The molecular formula is C16H22N2O4. The van der Waals surface area contributed by atoms with E-state index in [-0.39, 0.29) is 18.8 Å². The predicted molar refractivity (Wildman–Crippen MR) is 82.4 cm³/mol. The summed E-state index contributed by atoms with van der Waals surface area (Å²) >= 11 is 0. The highest BCUT2D eigenvalue weighted by molar-refractivity contribution is 6.13. The van der Waals surface area contributed by atoms with E-state index in [1.807, 2.05) is 30.3 Å². The number of carbonyl (C=O) groups is 2. The summed E-state index contributed by atoms with van der Waals surface area (Å²) in [7, 11) is 1.80. The Kier molecular flexibility index (Phi) is 7.70. The summed E-state index contributed by atoms with van der Waals surface area (Å²) < 4.78 is 9.71. The van der Waals surface area contributed by atoms with Gasteiger partial charge in [-0.05, 0) is 19.4 Å². The van der Waals surface area contributed by atoms with Crippen LogP contribution in [0.2, 0.25) is 0 Å². The van der Waals surface area contributed by atoms with E-state index in [4.69, 9.17) is 9.47 Å². The van der Waals surface area contributed by atoms with Crippen LogP contribution in [0.3, 0.4) is 0 Å². The smallest absolute Gasteiger partial charge is 0.347 e. The lowest BCUT2D eigenvalue weighted by atomic mass is 10.2. The van der Waals surface area contributed by atoms with Gasteiger partial charge < -0.3 is 14.9 Å². The standard InChI is InChI=1S/C16H22N2O4/c1-4-21-15(19)14(16(20)22-5-2)11-17-18(3)12-13-9-7-6-8-10-13/h6-11,17H,4-5,12H2,1-3H3. The molecule has 120 valence electrons. The Hall–Kier alpha value is -2.34. The zero-order valence-corrected chi connectivity index (χ0v) is 13.2. The van der Waals surface area contributed by atoms with Crippen molar-refractivity contribution in [1.29, 1.82) is 0 Å². The fraction of sp³-hybridized carbons (Fsp3) is 0.375. The first-order chi connectivity index (χ1) is 10.6. The summed E-state index contributed by atoms with van der Waals surface area (Å²) in [5.74, 6) is -1.41. The molecule has 0 amide bonds. The molecule has 0 spiro atoms. The third-order valence-corrected chi connectivity index (χ3v) is 2.68. The molecule has 6 heteroatoms. The minimum Gasteiger partial charge on any atom is -0.462 e. The van der Waals surface area contributed by atoms with Gasteiger partial charge in [-0.25, -0.2) is 14.6 Å². The van der Waals surface area contributed by atoms with Crippen molar-refractivity contribution in [3.63, 3.8) is 0 Å². The highest BCUT2D eigenvalue weighted by Crippen LogP contribution is 2.03. The second-order valence-electron chi connectivity index (χ2n) is 4.47. The molecular weight excluding hydrogens is 284 g/mol. The SMILES string of the molecule is CCOC(=O)C(=CNN(C)Cc1ccccc1)C(=O)OCC. The molecule has 0 aliphatic rings. The normalized spacial score (nSPS) is 10.0. The minimum atomic E-state index is -0.707. The van der Waals surface area contributed by atoms with Crippen molar-refractivity contribution in [1.82, 2.24) is 10.4 Å². The van der Waals surface area contributed by atoms with Crippen LogP contribution in [0, 0.1) is 0 Å². The molecule has 1 N–H and O–H groups in total. The lowest BCUT2D eigenvalue weighted by Gasteiger charge is -2.17. The van der Waals surface area contributed by atoms with Crippen LogP contribution in [0.1, 0.15) is 19.4 Å². The van der Waals surface area contributed by atoms with Gasteiger partial charge in [-0.2, -0.15) is 0 Å². The van der Waals surface area contributed by atoms with Crippen LogP contribution in [0.25, 0.3) is 0 Å². The number of esters is 2. The molecule has 0 saturated carbocycles. The van der Waals surface area contributed by atoms with E-state index < -0.39 is 11.9 Å². The number of hydrogen-bond acceptors (Lipinski definition) is 6. The van der Waals surface area contributed by atoms with E-state index in [1.165, 1.54) is 6.20 Å². The monoisotopic (exact) mass is 306 g/mol. The van der Waals surface area contributed by atoms with Crippen molar-refractivity contribution >= 4 is 11.9 Å². The first-order valence-corrected chi connectivity index (χ1v) is 7.14. The maximum Gasteiger partial charge on any atom is 0.347 e. The quantitative estimate of drug-likeness (QED) is 0.259. The van der Waals surface area contributed by atoms with Crippen LogP contribution in [0.15, 0.2) is 42.1 Å². The molecule has 0 atom stereocenters. The summed E-state index contributed by atoms with van der Waals surface area (Å²) in [6.07, 6.45) is 1.30. The summed E-state index contributed by atoms with van der Waals surface area (Å²) in [5, 5.41) is 1.74. The van der Waals surface area contributed by atoms with Gasteiger partial charge in [0.05, 0.1) is 13.2 Å². The minimum absolute atomic E-state index is 0.163. The number of hydrogen-bond donors (Lipinski definition) is 1. The van der Waals surface area contributed by atoms with Gasteiger partial charge in [-0.3, -0.25) is 0 Å². The van der Waals surface area contributed by atoms with Crippen LogP contribution in [0.4, 0.5) is 0 Å². The Labute approximate surface area is 130 Å². The van der Waals surface area contributed by atoms with Crippen molar-refractivity contribution in [2.24, 2.45) is 0 Å². The fourth-order valence-electron chi connectivity index (χ4n) is 1.70. The number of hydrazine groups is 1. The van der Waals surface area contributed by atoms with Crippen molar-refractivity contribution in [2.75, 3.05) is 20.3 Å². The van der Waals surface area contributed by atoms with Crippen LogP contribution in [-0.4, -0.2) is 37.2 Å². The van der Waals surface area contributed by atoms with Gasteiger partial charge in [0.15, 0.2) is 5.57 Å². The van der Waals surface area contributed by atoms with Crippen LogP contribution < -0.4 is 5.43 Å². The maximum atomic E-state index is 11.8. The Morgan fingerprint density at radius 3 is 2.14 bits per heavy atom. The fourth-order valence-corrected chi connectivity index (χ4v) is 1.70. The van der Waals surface area contributed by atoms with Gasteiger partial charge in [0.1, 0.15) is 0 Å². The van der Waals surface area contributed by atoms with E-state index in [2.05, 4.69) is 5.43 Å². The number of carbonyl (C=O) groups excluding carboxylic acids is 2. The van der Waals surface area contributed by atoms with E-state index in [0.717, 1.165) is 5.56 Å². The molecule has 0 saturated heterocycles. The average molecular weight is 306 g/mol. The Morgan fingerprint density at radius 1 is 1.09 bits per heavy atom. The number of nitrogens with one attached hydrogen (secondary N) is 1. The van der Waals surface area contributed by atoms with E-state index in [0.29, 0.717) is 6.54 Å². The van der Waals surface area contributed by atoms with Gasteiger partial charge in [0, 0.05) is 19.8 Å². The molecule has 22 heavy (non-hydrogen) atoms. The number of benzene rings is 1. The van der Waals surface area contributed by atoms with Crippen molar-refractivity contribution in [2.45, 2.75) is 20.4 Å². The van der Waals surface area contributed by atoms with Crippen molar-refractivity contribution in [3.05, 3.63) is 47.7 Å². The first kappa shape index (κ1) is 17.7. The highest BCUT2D eigenvalue weighted by atomic mass is 16.6. The predicted octanol–water partition coefficient (Wildman–Crippen LogP) is 1.63. The van der Waals surface area contributed by atoms with Crippen LogP contribution >= 0.6 is 0 Å². The summed E-state index contributed by atoms with van der Waals surface area (Å²) in [4.78, 5) is 23.6. The Balaban J connectivity index is 2.70.